The molecule has 0 saturated carbocycles. The fourth-order valence-electron chi connectivity index (χ4n) is 3.21. The third-order valence-corrected chi connectivity index (χ3v) is 5.44. The van der Waals surface area contributed by atoms with E-state index in [0.717, 1.165) is 10.8 Å². The first-order valence-electron chi connectivity index (χ1n) is 10.4. The topological polar surface area (TPSA) is 86.3 Å². The molecule has 0 radical (unpaired) electrons. The van der Waals surface area contributed by atoms with Gasteiger partial charge in [0.1, 0.15) is 18.5 Å². The Morgan fingerprint density at radius 1 is 1.22 bits per heavy atom. The number of rotatable bonds is 9. The zero-order valence-electron chi connectivity index (χ0n) is 19.9. The van der Waals surface area contributed by atoms with Gasteiger partial charge < -0.3 is 19.9 Å². The Hall–Kier alpha value is -2.75. The average molecular weight is 465 g/mol. The summed E-state index contributed by atoms with van der Waals surface area (Å²) in [5, 5.41) is 17.9. The van der Waals surface area contributed by atoms with E-state index >= 15 is 0 Å². The number of anilines is 3. The van der Waals surface area contributed by atoms with E-state index in [1.165, 1.54) is 18.3 Å². The lowest BCUT2D eigenvalue weighted by atomic mass is 10.2. The Bertz CT molecular complexity index is 931. The molecule has 2 aromatic rings. The van der Waals surface area contributed by atoms with Gasteiger partial charge in [0.25, 0.3) is 0 Å². The fraction of sp³-hybridized carbons (Fsp3) is 0.591. The number of aromatic nitrogens is 2. The first-order valence-corrected chi connectivity index (χ1v) is 11.2. The number of hydrogen-bond acceptors (Lipinski definition) is 8. The molecular weight excluding hydrogens is 426 g/mol. The van der Waals surface area contributed by atoms with Crippen molar-refractivity contribution in [2.24, 2.45) is 17.3 Å². The van der Waals surface area contributed by atoms with Crippen LogP contribution in [0.3, 0.4) is 0 Å². The van der Waals surface area contributed by atoms with Crippen molar-refractivity contribution in [3.05, 3.63) is 12.1 Å². The second-order valence-electron chi connectivity index (χ2n) is 7.93. The lowest BCUT2D eigenvalue weighted by Crippen LogP contribution is -2.39. The number of ether oxygens (including phenoxy) is 1. The van der Waals surface area contributed by atoms with Gasteiger partial charge >= 0.3 is 5.13 Å². The van der Waals surface area contributed by atoms with Crippen molar-refractivity contribution < 1.29 is 14.2 Å². The molecule has 10 heteroatoms. The van der Waals surface area contributed by atoms with Gasteiger partial charge in [0, 0.05) is 39.2 Å². The van der Waals surface area contributed by atoms with Crippen molar-refractivity contribution in [3.8, 4) is 5.75 Å². The maximum Gasteiger partial charge on any atom is 0.431 e. The first-order chi connectivity index (χ1) is 14.5. The maximum absolute atomic E-state index is 11.7. The second-order valence-corrected chi connectivity index (χ2v) is 8.87. The summed E-state index contributed by atoms with van der Waals surface area (Å²) in [7, 11) is 5.69. The van der Waals surface area contributed by atoms with Gasteiger partial charge in [-0.25, -0.2) is 0 Å². The predicted molar refractivity (Wildman–Crippen MR) is 133 cm³/mol. The highest BCUT2D eigenvalue weighted by molar-refractivity contribution is 7.18. The smallest absolute Gasteiger partial charge is 0.431 e. The number of hydrogen-bond donors (Lipinski definition) is 1. The molecule has 0 atom stereocenters. The Kier molecular flexibility index (Phi) is 10.0. The van der Waals surface area contributed by atoms with Crippen molar-refractivity contribution >= 4 is 44.6 Å². The van der Waals surface area contributed by atoms with Crippen LogP contribution in [0.5, 0.6) is 5.75 Å². The van der Waals surface area contributed by atoms with Crippen molar-refractivity contribution in [1.29, 1.82) is 0 Å². The molecule has 0 bridgehead atoms. The zero-order chi connectivity index (χ0) is 23.3. The maximum atomic E-state index is 11.7. The Morgan fingerprint density at radius 2 is 1.84 bits per heavy atom. The molecule has 1 N–H and O–H groups in total. The molecule has 32 heavy (non-hydrogen) atoms. The third-order valence-electron chi connectivity index (χ3n) is 4.44. The molecule has 9 nitrogen and oxygen atoms in total. The highest BCUT2D eigenvalue weighted by Crippen LogP contribution is 2.39. The van der Waals surface area contributed by atoms with Crippen LogP contribution in [0.1, 0.15) is 49.0 Å². The summed E-state index contributed by atoms with van der Waals surface area (Å²) in [5.41, 5.74) is 1.94. The number of carbonyl (C=O) groups excluding carboxylic acids is 1. The Balaban J connectivity index is 0.00000512. The highest BCUT2D eigenvalue weighted by Gasteiger charge is 2.24. The molecule has 0 aliphatic rings. The summed E-state index contributed by atoms with van der Waals surface area (Å²) < 4.78 is 7.50. The number of aryl methyl sites for hydroxylation is 1. The number of nitrogens with one attached hydrogen (secondary N) is 1. The van der Waals surface area contributed by atoms with Crippen LogP contribution < -0.4 is 24.5 Å². The molecule has 0 saturated heterocycles. The van der Waals surface area contributed by atoms with Crippen LogP contribution in [-0.4, -0.2) is 43.8 Å². The van der Waals surface area contributed by atoms with Gasteiger partial charge in [-0.2, -0.15) is 0 Å². The molecule has 1 aromatic carbocycles. The largest absolute Gasteiger partial charge is 0.492 e. The van der Waals surface area contributed by atoms with Gasteiger partial charge in [0.2, 0.25) is 11.0 Å². The molecular formula is C22H38N7O2S+. The molecule has 1 amide bonds. The zero-order valence-corrected chi connectivity index (χ0v) is 20.7. The molecule has 1 aromatic heterocycles. The average Bonchev–Trinajstić information content (AvgIpc) is 3.00. The molecule has 0 fully saturated rings. The van der Waals surface area contributed by atoms with E-state index in [2.05, 4.69) is 53.2 Å². The van der Waals surface area contributed by atoms with E-state index in [1.807, 2.05) is 39.0 Å². The van der Waals surface area contributed by atoms with Crippen molar-refractivity contribution in [2.45, 2.75) is 61.1 Å². The second kappa shape index (κ2) is 11.8. The standard InChI is InChI=1S/C21H33N7O2S.CH4/c1-10-30-19-12-17(16(22-15(6)29)11-18(19)26(7)8)23-24-20-27(9)25-21(31-20)28(13(2)3)14(4)5;/h11-14H,10H2,1-9H3;1H4/p+1. The first kappa shape index (κ1) is 27.3. The summed E-state index contributed by atoms with van der Waals surface area (Å²) >= 11 is 1.48. The Morgan fingerprint density at radius 3 is 2.34 bits per heavy atom. The summed E-state index contributed by atoms with van der Waals surface area (Å²) in [5.74, 6) is 0.496. The van der Waals surface area contributed by atoms with Gasteiger partial charge in [-0.3, -0.25) is 4.79 Å². The minimum atomic E-state index is -0.180. The van der Waals surface area contributed by atoms with Crippen LogP contribution in [0.4, 0.5) is 27.3 Å². The third kappa shape index (κ3) is 6.62. The quantitative estimate of drug-likeness (QED) is 0.414. The van der Waals surface area contributed by atoms with Crippen molar-refractivity contribution in [2.75, 3.05) is 35.8 Å². The summed E-state index contributed by atoms with van der Waals surface area (Å²) in [6.07, 6.45) is 0. The van der Waals surface area contributed by atoms with Crippen LogP contribution >= 0.6 is 11.3 Å². The lowest BCUT2D eigenvalue weighted by molar-refractivity contribution is -0.712. The molecule has 0 unspecified atom stereocenters. The summed E-state index contributed by atoms with van der Waals surface area (Å²) in [6.45, 7) is 12.5. The van der Waals surface area contributed by atoms with E-state index in [-0.39, 0.29) is 13.3 Å². The van der Waals surface area contributed by atoms with Gasteiger partial charge in [-0.15, -0.1) is 4.68 Å². The van der Waals surface area contributed by atoms with E-state index in [0.29, 0.717) is 40.9 Å². The van der Waals surface area contributed by atoms with Crippen LogP contribution in [-0.2, 0) is 11.8 Å². The molecule has 1 heterocycles. The summed E-state index contributed by atoms with van der Waals surface area (Å²) in [4.78, 5) is 15.9. The molecule has 0 aliphatic heterocycles. The molecule has 0 spiro atoms. The minimum absolute atomic E-state index is 0. The van der Waals surface area contributed by atoms with Crippen molar-refractivity contribution in [3.63, 3.8) is 0 Å². The Labute approximate surface area is 196 Å². The number of nitrogens with zero attached hydrogens (tertiary/aromatic N) is 6. The minimum Gasteiger partial charge on any atom is -0.492 e. The molecule has 178 valence electrons. The molecule has 0 aliphatic carbocycles. The number of carbonyl (C=O) groups is 1. The van der Waals surface area contributed by atoms with Gasteiger partial charge in [0.15, 0.2) is 0 Å². The van der Waals surface area contributed by atoms with E-state index in [1.54, 1.807) is 10.7 Å². The van der Waals surface area contributed by atoms with Gasteiger partial charge in [-0.05, 0) is 57.1 Å². The van der Waals surface area contributed by atoms with E-state index < -0.39 is 0 Å². The predicted octanol–water partition coefficient (Wildman–Crippen LogP) is 5.07. The SMILES string of the molecule is C.CCOc1cc(N=Nc2sc(N(C(C)C)C(C)C)n[n+]2C)c(NC(C)=O)cc1N(C)C. The number of benzene rings is 1. The lowest BCUT2D eigenvalue weighted by Gasteiger charge is -2.28. The van der Waals surface area contributed by atoms with Gasteiger partial charge in [-0.1, -0.05) is 12.5 Å². The van der Waals surface area contributed by atoms with Crippen LogP contribution in [0.15, 0.2) is 22.4 Å². The van der Waals surface area contributed by atoms with Gasteiger partial charge in [0.05, 0.1) is 23.1 Å². The van der Waals surface area contributed by atoms with Crippen LogP contribution in [0, 0.1) is 0 Å². The monoisotopic (exact) mass is 464 g/mol. The highest BCUT2D eigenvalue weighted by atomic mass is 32.1. The summed E-state index contributed by atoms with van der Waals surface area (Å²) in [6, 6.07) is 4.27. The number of amides is 1. The van der Waals surface area contributed by atoms with Crippen LogP contribution in [0.2, 0.25) is 0 Å². The molecule has 2 rings (SSSR count). The van der Waals surface area contributed by atoms with E-state index in [9.17, 15) is 4.79 Å². The van der Waals surface area contributed by atoms with Crippen molar-refractivity contribution in [1.82, 2.24) is 5.10 Å². The van der Waals surface area contributed by atoms with E-state index in [4.69, 9.17) is 4.74 Å². The number of azo groups is 1. The fourth-order valence-corrected chi connectivity index (χ4v) is 4.32. The normalized spacial score (nSPS) is 11.1. The van der Waals surface area contributed by atoms with Crippen LogP contribution in [0.25, 0.3) is 0 Å².